The van der Waals surface area contributed by atoms with Crippen LogP contribution in [0.4, 0.5) is 0 Å². The molecule has 142 valence electrons. The molecule has 0 saturated carbocycles. The largest absolute Gasteiger partial charge is 0.466 e. The van der Waals surface area contributed by atoms with E-state index in [1.165, 1.54) is 14.2 Å². The summed E-state index contributed by atoms with van der Waals surface area (Å²) in [5.74, 6) is -0.845. The minimum Gasteiger partial charge on any atom is -0.466 e. The minimum absolute atomic E-state index is 0.0407. The number of hydrogen-bond acceptors (Lipinski definition) is 8. The summed E-state index contributed by atoms with van der Waals surface area (Å²) in [6, 6.07) is -0.681. The van der Waals surface area contributed by atoms with Gasteiger partial charge in [0.1, 0.15) is 6.04 Å². The third kappa shape index (κ3) is 9.33. The fourth-order valence-electron chi connectivity index (χ4n) is 2.07. The Labute approximate surface area is 146 Å². The Balaban J connectivity index is 4.87. The van der Waals surface area contributed by atoms with Crippen LogP contribution >= 0.6 is 0 Å². The first-order chi connectivity index (χ1) is 11.5. The molecule has 0 saturated heterocycles. The fourth-order valence-corrected chi connectivity index (χ4v) is 3.51. The van der Waals surface area contributed by atoms with Crippen LogP contribution in [0.1, 0.15) is 33.6 Å². The number of methoxy groups -OCH3 is 2. The molecule has 9 heteroatoms. The van der Waals surface area contributed by atoms with Gasteiger partial charge in [0.25, 0.3) is 0 Å². The van der Waals surface area contributed by atoms with Crippen LogP contribution in [0.5, 0.6) is 0 Å². The van der Waals surface area contributed by atoms with Crippen LogP contribution in [0.15, 0.2) is 0 Å². The van der Waals surface area contributed by atoms with Crippen molar-refractivity contribution in [2.24, 2.45) is 0 Å². The number of carbonyl (C=O) groups is 2. The Morgan fingerprint density at radius 3 is 2.17 bits per heavy atom. The Kier molecular flexibility index (Phi) is 13.7. The van der Waals surface area contributed by atoms with Crippen LogP contribution in [0.25, 0.3) is 0 Å². The molecular formula is C15H31NO7Si. The first-order valence-electron chi connectivity index (χ1n) is 8.23. The molecule has 0 heterocycles. The molecule has 0 N–H and O–H groups in total. The first-order valence-corrected chi connectivity index (χ1v) is 9.44. The molecule has 0 aromatic carbocycles. The fraction of sp³-hybridized carbons (Fsp3) is 0.867. The van der Waals surface area contributed by atoms with E-state index in [1.54, 1.807) is 13.8 Å². The maximum Gasteiger partial charge on any atom is 0.323 e. The average molecular weight is 365 g/mol. The molecule has 0 bridgehead atoms. The first kappa shape index (κ1) is 23.0. The predicted molar refractivity (Wildman–Crippen MR) is 91.0 cm³/mol. The second-order valence-electron chi connectivity index (χ2n) is 4.99. The molecule has 0 radical (unpaired) electrons. The van der Waals surface area contributed by atoms with Crippen molar-refractivity contribution in [3.8, 4) is 0 Å². The van der Waals surface area contributed by atoms with Crippen LogP contribution in [0.3, 0.4) is 0 Å². The molecule has 0 amide bonds. The predicted octanol–water partition coefficient (Wildman–Crippen LogP) is 0.218. The number of nitrogens with zero attached hydrogens (tertiary/aromatic N) is 1. The van der Waals surface area contributed by atoms with E-state index in [4.69, 9.17) is 23.4 Å². The molecule has 0 aromatic heterocycles. The zero-order valence-electron chi connectivity index (χ0n) is 15.4. The van der Waals surface area contributed by atoms with Gasteiger partial charge in [-0.3, -0.25) is 14.2 Å². The number of ether oxygens (including phenoxy) is 4. The normalized spacial score (nSPS) is 13.0. The molecule has 0 aliphatic carbocycles. The summed E-state index contributed by atoms with van der Waals surface area (Å²) in [6.45, 7) is 6.92. The van der Waals surface area contributed by atoms with Gasteiger partial charge in [-0.05, 0) is 26.8 Å². The lowest BCUT2D eigenvalue weighted by Gasteiger charge is -2.29. The van der Waals surface area contributed by atoms with E-state index in [0.29, 0.717) is 6.54 Å². The van der Waals surface area contributed by atoms with Gasteiger partial charge in [0, 0.05) is 14.2 Å². The molecule has 1 unspecified atom stereocenters. The smallest absolute Gasteiger partial charge is 0.323 e. The Morgan fingerprint density at radius 2 is 1.67 bits per heavy atom. The summed E-state index contributed by atoms with van der Waals surface area (Å²) in [4.78, 5) is 24.1. The molecule has 0 fully saturated rings. The molecule has 24 heavy (non-hydrogen) atoms. The van der Waals surface area contributed by atoms with Crippen molar-refractivity contribution in [2.45, 2.75) is 45.9 Å². The van der Waals surface area contributed by atoms with Gasteiger partial charge < -0.3 is 23.4 Å². The van der Waals surface area contributed by atoms with Gasteiger partial charge in [-0.15, -0.1) is 0 Å². The maximum absolute atomic E-state index is 12.3. The molecule has 0 aliphatic heterocycles. The average Bonchev–Trinajstić information content (AvgIpc) is 2.56. The van der Waals surface area contributed by atoms with Crippen molar-refractivity contribution in [2.75, 3.05) is 40.6 Å². The van der Waals surface area contributed by atoms with Crippen LogP contribution in [0.2, 0.25) is 0 Å². The van der Waals surface area contributed by atoms with Gasteiger partial charge >= 0.3 is 11.9 Å². The summed E-state index contributed by atoms with van der Waals surface area (Å²) in [6.07, 6.45) is 0.334. The highest BCUT2D eigenvalue weighted by molar-refractivity contribution is 6.24. The summed E-state index contributed by atoms with van der Waals surface area (Å²) < 4.78 is 27.8. The molecule has 0 rings (SSSR count). The van der Waals surface area contributed by atoms with E-state index in [9.17, 15) is 9.59 Å². The van der Waals surface area contributed by atoms with E-state index in [1.807, 2.05) is 11.5 Å². The van der Waals surface area contributed by atoms with Crippen molar-refractivity contribution in [1.82, 2.24) is 4.57 Å². The SMILES string of the molecule is CCCN([SiH2]OCC(OC)OC)C(CC(=O)OCC)C(=O)OCC. The molecule has 1 atom stereocenters. The zero-order chi connectivity index (χ0) is 18.4. The lowest BCUT2D eigenvalue weighted by Crippen LogP contribution is -2.47. The lowest BCUT2D eigenvalue weighted by molar-refractivity contribution is -0.155. The van der Waals surface area contributed by atoms with Gasteiger partial charge in [-0.2, -0.15) is 0 Å². The highest BCUT2D eigenvalue weighted by Crippen LogP contribution is 2.09. The minimum atomic E-state index is -1.25. The summed E-state index contributed by atoms with van der Waals surface area (Å²) in [5, 5.41) is 0. The van der Waals surface area contributed by atoms with E-state index in [-0.39, 0.29) is 26.2 Å². The number of rotatable bonds is 14. The third-order valence-electron chi connectivity index (χ3n) is 3.21. The monoisotopic (exact) mass is 365 g/mol. The standard InChI is InChI=1S/C15H31NO7Si/c1-6-9-16(24-23-11-14(19-4)20-5)12(15(18)22-8-3)10-13(17)21-7-2/h12,14H,6-11,24H2,1-5H3. The van der Waals surface area contributed by atoms with E-state index >= 15 is 0 Å². The number of hydrogen-bond donors (Lipinski definition) is 0. The van der Waals surface area contributed by atoms with Gasteiger partial charge in [-0.1, -0.05) is 6.92 Å². The molecular weight excluding hydrogens is 334 g/mol. The zero-order valence-corrected chi connectivity index (χ0v) is 16.8. The number of carbonyl (C=O) groups excluding carboxylic acids is 2. The second kappa shape index (κ2) is 14.3. The van der Waals surface area contributed by atoms with Crippen molar-refractivity contribution in [1.29, 1.82) is 0 Å². The summed E-state index contributed by atoms with van der Waals surface area (Å²) >= 11 is 0. The van der Waals surface area contributed by atoms with Crippen LogP contribution in [-0.4, -0.2) is 79.3 Å². The van der Waals surface area contributed by atoms with Crippen molar-refractivity contribution < 1.29 is 33.0 Å². The van der Waals surface area contributed by atoms with E-state index < -0.39 is 34.2 Å². The van der Waals surface area contributed by atoms with Crippen LogP contribution in [-0.2, 0) is 33.0 Å². The molecule has 0 aromatic rings. The highest BCUT2D eigenvalue weighted by Gasteiger charge is 2.30. The van der Waals surface area contributed by atoms with Gasteiger partial charge in [0.2, 0.25) is 9.92 Å². The maximum atomic E-state index is 12.3. The third-order valence-corrected chi connectivity index (χ3v) is 4.72. The molecule has 8 nitrogen and oxygen atoms in total. The Bertz CT molecular complexity index is 353. The van der Waals surface area contributed by atoms with Crippen LogP contribution < -0.4 is 0 Å². The highest BCUT2D eigenvalue weighted by atomic mass is 28.2. The van der Waals surface area contributed by atoms with Crippen LogP contribution in [0, 0.1) is 0 Å². The second-order valence-corrected chi connectivity index (χ2v) is 6.47. The Hall–Kier alpha value is -1.00. The van der Waals surface area contributed by atoms with Crippen molar-refractivity contribution in [3.63, 3.8) is 0 Å². The summed E-state index contributed by atoms with van der Waals surface area (Å²) in [7, 11) is 1.82. The molecule has 0 spiro atoms. The van der Waals surface area contributed by atoms with E-state index in [0.717, 1.165) is 6.42 Å². The topological polar surface area (TPSA) is 83.5 Å². The Morgan fingerprint density at radius 1 is 1.04 bits per heavy atom. The van der Waals surface area contributed by atoms with Crippen molar-refractivity contribution in [3.05, 3.63) is 0 Å². The van der Waals surface area contributed by atoms with Crippen molar-refractivity contribution >= 4 is 21.9 Å². The van der Waals surface area contributed by atoms with Gasteiger partial charge in [0.05, 0.1) is 26.2 Å². The number of esters is 2. The van der Waals surface area contributed by atoms with Gasteiger partial charge in [0.15, 0.2) is 6.29 Å². The lowest BCUT2D eigenvalue weighted by atomic mass is 10.2. The van der Waals surface area contributed by atoms with Gasteiger partial charge in [-0.25, -0.2) is 0 Å². The summed E-state index contributed by atoms with van der Waals surface area (Å²) in [5.41, 5.74) is 0. The van der Waals surface area contributed by atoms with E-state index in [2.05, 4.69) is 0 Å². The quantitative estimate of drug-likeness (QED) is 0.246. The molecule has 0 aliphatic rings.